The van der Waals surface area contributed by atoms with Gasteiger partial charge in [0.25, 0.3) is 0 Å². The molecular formula is C30H33N3O5. The van der Waals surface area contributed by atoms with Gasteiger partial charge in [0.15, 0.2) is 0 Å². The minimum atomic E-state index is -0.123. The van der Waals surface area contributed by atoms with Crippen LogP contribution in [0.3, 0.4) is 0 Å². The molecule has 38 heavy (non-hydrogen) atoms. The Hall–Kier alpha value is -3.90. The Labute approximate surface area is 223 Å². The molecule has 8 nitrogen and oxygen atoms in total. The van der Waals surface area contributed by atoms with E-state index >= 15 is 0 Å². The van der Waals surface area contributed by atoms with Crippen LogP contribution in [0.1, 0.15) is 23.1 Å². The number of amides is 1. The molecule has 1 N–H and O–H groups in total. The van der Waals surface area contributed by atoms with Crippen LogP contribution in [0.4, 0.5) is 5.69 Å². The molecule has 1 aliphatic heterocycles. The van der Waals surface area contributed by atoms with Crippen LogP contribution in [0.25, 0.3) is 0 Å². The zero-order chi connectivity index (χ0) is 26.6. The third-order valence-corrected chi connectivity index (χ3v) is 6.22. The second-order valence-corrected chi connectivity index (χ2v) is 8.93. The maximum Gasteiger partial charge on any atom is 0.241 e. The molecule has 1 fully saturated rings. The number of rotatable bonds is 13. The predicted molar refractivity (Wildman–Crippen MR) is 144 cm³/mol. The molecule has 0 bridgehead atoms. The van der Waals surface area contributed by atoms with Crippen LogP contribution in [0.15, 0.2) is 72.8 Å². The summed E-state index contributed by atoms with van der Waals surface area (Å²) in [5, 5.41) is 12.1. The lowest BCUT2D eigenvalue weighted by molar-refractivity contribution is -0.119. The van der Waals surface area contributed by atoms with Crippen molar-refractivity contribution >= 4 is 11.6 Å². The van der Waals surface area contributed by atoms with Crippen molar-refractivity contribution in [1.29, 1.82) is 5.26 Å². The number of nitrogens with zero attached hydrogens (tertiary/aromatic N) is 2. The molecule has 0 spiro atoms. The number of methoxy groups -OCH3 is 1. The van der Waals surface area contributed by atoms with Crippen LogP contribution < -0.4 is 19.7 Å². The van der Waals surface area contributed by atoms with Gasteiger partial charge in [-0.15, -0.1) is 0 Å². The molecular weight excluding hydrogens is 482 g/mol. The molecule has 1 aliphatic rings. The topological polar surface area (TPSA) is 93.1 Å². The summed E-state index contributed by atoms with van der Waals surface area (Å²) in [6.45, 7) is 3.35. The Kier molecular flexibility index (Phi) is 10.1. The molecule has 1 saturated heterocycles. The summed E-state index contributed by atoms with van der Waals surface area (Å²) in [6, 6.07) is 24.7. The number of hydrogen-bond donors (Lipinski definition) is 1. The summed E-state index contributed by atoms with van der Waals surface area (Å²) < 4.78 is 22.9. The second kappa shape index (κ2) is 14.1. The molecule has 3 aromatic rings. The van der Waals surface area contributed by atoms with Crippen molar-refractivity contribution in [2.24, 2.45) is 0 Å². The fourth-order valence-corrected chi connectivity index (χ4v) is 4.26. The lowest BCUT2D eigenvalue weighted by Gasteiger charge is -2.36. The fourth-order valence-electron chi connectivity index (χ4n) is 4.26. The first-order valence-corrected chi connectivity index (χ1v) is 12.7. The van der Waals surface area contributed by atoms with E-state index in [0.717, 1.165) is 34.7 Å². The quantitative estimate of drug-likeness (QED) is 0.343. The van der Waals surface area contributed by atoms with Gasteiger partial charge in [-0.1, -0.05) is 30.3 Å². The van der Waals surface area contributed by atoms with E-state index in [1.54, 1.807) is 24.1 Å². The number of hydrogen-bond acceptors (Lipinski definition) is 7. The summed E-state index contributed by atoms with van der Waals surface area (Å²) in [5.74, 6) is 1.57. The van der Waals surface area contributed by atoms with Crippen molar-refractivity contribution in [3.8, 4) is 17.6 Å². The third kappa shape index (κ3) is 7.56. The van der Waals surface area contributed by atoms with E-state index in [1.165, 1.54) is 0 Å². The van der Waals surface area contributed by atoms with Gasteiger partial charge in [0, 0.05) is 24.2 Å². The van der Waals surface area contributed by atoms with Crippen LogP contribution in [-0.4, -0.2) is 52.0 Å². The maximum atomic E-state index is 12.7. The van der Waals surface area contributed by atoms with E-state index in [-0.39, 0.29) is 11.9 Å². The average molecular weight is 516 g/mol. The van der Waals surface area contributed by atoms with Gasteiger partial charge in [-0.2, -0.15) is 5.26 Å². The molecule has 1 heterocycles. The number of para-hydroxylation sites is 1. The molecule has 8 heteroatoms. The monoisotopic (exact) mass is 515 g/mol. The Bertz CT molecular complexity index is 1210. The fraction of sp³-hybridized carbons (Fsp3) is 0.333. The van der Waals surface area contributed by atoms with Crippen molar-refractivity contribution < 1.29 is 23.7 Å². The number of piperazine rings is 1. The maximum absolute atomic E-state index is 12.7. The smallest absolute Gasteiger partial charge is 0.241 e. The lowest BCUT2D eigenvalue weighted by atomic mass is 10.1. The third-order valence-electron chi connectivity index (χ3n) is 6.22. The highest BCUT2D eigenvalue weighted by molar-refractivity contribution is 5.96. The standard InChI is InChI=1S/C30H33N3O5/c1-35-29-6-3-2-5-25(29)21-36-15-4-16-38-28-13-11-26(12-14-28)33-27(18-32-19-30(33)34)22-37-20-24-9-7-23(17-31)8-10-24/h2-3,5-14,27,32H,4,15-16,18-22H2,1H3/t27-/m1/s1. The van der Waals surface area contributed by atoms with E-state index in [2.05, 4.69) is 11.4 Å². The van der Waals surface area contributed by atoms with Crippen molar-refractivity contribution in [1.82, 2.24) is 5.32 Å². The molecule has 1 amide bonds. The van der Waals surface area contributed by atoms with Crippen LogP contribution in [0.5, 0.6) is 11.5 Å². The minimum Gasteiger partial charge on any atom is -0.496 e. The van der Waals surface area contributed by atoms with Crippen molar-refractivity contribution in [2.75, 3.05) is 44.9 Å². The molecule has 0 radical (unpaired) electrons. The first-order valence-electron chi connectivity index (χ1n) is 12.7. The number of carbonyl (C=O) groups is 1. The molecule has 3 aromatic carbocycles. The first-order chi connectivity index (χ1) is 18.7. The summed E-state index contributed by atoms with van der Waals surface area (Å²) in [4.78, 5) is 14.5. The highest BCUT2D eigenvalue weighted by Crippen LogP contribution is 2.23. The Morgan fingerprint density at radius 1 is 0.974 bits per heavy atom. The number of nitriles is 1. The van der Waals surface area contributed by atoms with Crippen molar-refractivity contribution in [3.05, 3.63) is 89.5 Å². The SMILES string of the molecule is COc1ccccc1COCCCOc1ccc(N2C(=O)CNC[C@@H]2COCc2ccc(C#N)cc2)cc1. The number of benzene rings is 3. The van der Waals surface area contributed by atoms with Crippen molar-refractivity contribution in [2.45, 2.75) is 25.7 Å². The van der Waals surface area contributed by atoms with Gasteiger partial charge in [0.2, 0.25) is 5.91 Å². The Morgan fingerprint density at radius 3 is 2.53 bits per heavy atom. The van der Waals surface area contributed by atoms with Crippen LogP contribution in [-0.2, 0) is 27.5 Å². The summed E-state index contributed by atoms with van der Waals surface area (Å²) >= 11 is 0. The molecule has 198 valence electrons. The highest BCUT2D eigenvalue weighted by atomic mass is 16.5. The van der Waals surface area contributed by atoms with Crippen LogP contribution in [0.2, 0.25) is 0 Å². The van der Waals surface area contributed by atoms with Crippen LogP contribution >= 0.6 is 0 Å². The largest absolute Gasteiger partial charge is 0.496 e. The zero-order valence-corrected chi connectivity index (χ0v) is 21.6. The van der Waals surface area contributed by atoms with E-state index in [1.807, 2.05) is 60.7 Å². The zero-order valence-electron chi connectivity index (χ0n) is 21.6. The van der Waals surface area contributed by atoms with Gasteiger partial charge in [0.1, 0.15) is 11.5 Å². The number of nitrogens with one attached hydrogen (secondary N) is 1. The Morgan fingerprint density at radius 2 is 1.76 bits per heavy atom. The van der Waals surface area contributed by atoms with Gasteiger partial charge in [0.05, 0.1) is 64.4 Å². The Balaban J connectivity index is 1.22. The number of anilines is 1. The second-order valence-electron chi connectivity index (χ2n) is 8.93. The van der Waals surface area contributed by atoms with Gasteiger partial charge in [-0.25, -0.2) is 0 Å². The van der Waals surface area contributed by atoms with Gasteiger partial charge in [-0.05, 0) is 48.0 Å². The summed E-state index contributed by atoms with van der Waals surface area (Å²) in [6.07, 6.45) is 0.756. The molecule has 4 rings (SSSR count). The van der Waals surface area contributed by atoms with Gasteiger partial charge in [-0.3, -0.25) is 4.79 Å². The van der Waals surface area contributed by atoms with Gasteiger partial charge >= 0.3 is 0 Å². The van der Waals surface area contributed by atoms with E-state index < -0.39 is 0 Å². The molecule has 0 aromatic heterocycles. The average Bonchev–Trinajstić information content (AvgIpc) is 2.96. The van der Waals surface area contributed by atoms with E-state index in [9.17, 15) is 4.79 Å². The lowest BCUT2D eigenvalue weighted by Crippen LogP contribution is -2.57. The van der Waals surface area contributed by atoms with E-state index in [0.29, 0.717) is 51.7 Å². The molecule has 0 saturated carbocycles. The molecule has 1 atom stereocenters. The predicted octanol–water partition coefficient (Wildman–Crippen LogP) is 4.07. The normalized spacial score (nSPS) is 15.2. The summed E-state index contributed by atoms with van der Waals surface area (Å²) in [7, 11) is 1.66. The highest BCUT2D eigenvalue weighted by Gasteiger charge is 2.29. The van der Waals surface area contributed by atoms with Gasteiger partial charge < -0.3 is 29.2 Å². The van der Waals surface area contributed by atoms with E-state index in [4.69, 9.17) is 24.2 Å². The van der Waals surface area contributed by atoms with Crippen LogP contribution in [0, 0.1) is 11.3 Å². The summed E-state index contributed by atoms with van der Waals surface area (Å²) in [5.41, 5.74) is 3.44. The number of ether oxygens (including phenoxy) is 4. The van der Waals surface area contributed by atoms with Crippen molar-refractivity contribution in [3.63, 3.8) is 0 Å². The molecule has 0 unspecified atom stereocenters. The minimum absolute atomic E-state index is 0.00378. The first kappa shape index (κ1) is 27.1. The molecule has 0 aliphatic carbocycles. The number of carbonyl (C=O) groups excluding carboxylic acids is 1.